The number of hydrogen-bond acceptors (Lipinski definition) is 3. The van der Waals surface area contributed by atoms with Crippen LogP contribution in [0.15, 0.2) is 35.7 Å². The first-order valence-corrected chi connectivity index (χ1v) is 7.86. The van der Waals surface area contributed by atoms with Crippen molar-refractivity contribution in [3.63, 3.8) is 0 Å². The van der Waals surface area contributed by atoms with Gasteiger partial charge in [0, 0.05) is 11.8 Å². The standard InChI is InChI=1S/C16H16F2N2O2S/c1-9(2)14(20-15(21)13-4-3-7-23-13)16(22)19-10-5-6-11(17)12(18)8-10/h3-9,14H,1-2H3,(H,19,22)(H,20,21). The maximum atomic E-state index is 13.2. The van der Waals surface area contributed by atoms with Gasteiger partial charge in [-0.1, -0.05) is 19.9 Å². The Balaban J connectivity index is 2.09. The summed E-state index contributed by atoms with van der Waals surface area (Å²) in [5, 5.41) is 6.91. The molecule has 0 aliphatic heterocycles. The molecule has 0 saturated heterocycles. The first-order chi connectivity index (χ1) is 10.9. The Kier molecular flexibility index (Phi) is 5.44. The molecule has 0 aliphatic rings. The molecule has 0 saturated carbocycles. The Morgan fingerprint density at radius 1 is 1.13 bits per heavy atom. The molecule has 1 heterocycles. The topological polar surface area (TPSA) is 58.2 Å². The molecule has 122 valence electrons. The molecule has 2 aromatic rings. The molecule has 1 unspecified atom stereocenters. The first-order valence-electron chi connectivity index (χ1n) is 6.98. The van der Waals surface area contributed by atoms with Gasteiger partial charge in [0.05, 0.1) is 4.88 Å². The van der Waals surface area contributed by atoms with Gasteiger partial charge in [-0.2, -0.15) is 0 Å². The van der Waals surface area contributed by atoms with Gasteiger partial charge in [0.15, 0.2) is 11.6 Å². The van der Waals surface area contributed by atoms with E-state index < -0.39 is 23.6 Å². The molecule has 0 aliphatic carbocycles. The minimum Gasteiger partial charge on any atom is -0.339 e. The molecule has 1 aromatic carbocycles. The van der Waals surface area contributed by atoms with E-state index in [2.05, 4.69) is 10.6 Å². The highest BCUT2D eigenvalue weighted by atomic mass is 32.1. The molecule has 7 heteroatoms. The van der Waals surface area contributed by atoms with E-state index in [1.165, 1.54) is 17.4 Å². The van der Waals surface area contributed by atoms with Gasteiger partial charge in [0.1, 0.15) is 6.04 Å². The lowest BCUT2D eigenvalue weighted by atomic mass is 10.0. The number of thiophene rings is 1. The predicted octanol–water partition coefficient (Wildman–Crippen LogP) is 3.42. The molecule has 0 fully saturated rings. The van der Waals surface area contributed by atoms with Crippen LogP contribution in [0.25, 0.3) is 0 Å². The highest BCUT2D eigenvalue weighted by molar-refractivity contribution is 7.12. The lowest BCUT2D eigenvalue weighted by Gasteiger charge is -2.21. The minimum absolute atomic E-state index is 0.130. The largest absolute Gasteiger partial charge is 0.339 e. The molecule has 0 bridgehead atoms. The summed E-state index contributed by atoms with van der Waals surface area (Å²) in [5.74, 6) is -3.06. The van der Waals surface area contributed by atoms with E-state index in [-0.39, 0.29) is 17.5 Å². The SMILES string of the molecule is CC(C)C(NC(=O)c1cccs1)C(=O)Nc1ccc(F)c(F)c1. The zero-order valence-electron chi connectivity index (χ0n) is 12.6. The summed E-state index contributed by atoms with van der Waals surface area (Å²) in [6, 6.07) is 5.69. The smallest absolute Gasteiger partial charge is 0.262 e. The average molecular weight is 338 g/mol. The van der Waals surface area contributed by atoms with Crippen LogP contribution in [0.4, 0.5) is 14.5 Å². The summed E-state index contributed by atoms with van der Waals surface area (Å²) >= 11 is 1.27. The van der Waals surface area contributed by atoms with Crippen LogP contribution in [0, 0.1) is 17.6 Å². The van der Waals surface area contributed by atoms with Gasteiger partial charge in [-0.3, -0.25) is 9.59 Å². The Hall–Kier alpha value is -2.28. The van der Waals surface area contributed by atoms with Crippen molar-refractivity contribution in [2.75, 3.05) is 5.32 Å². The molecule has 1 aromatic heterocycles. The molecule has 2 rings (SSSR count). The van der Waals surface area contributed by atoms with Crippen molar-refractivity contribution in [2.24, 2.45) is 5.92 Å². The van der Waals surface area contributed by atoms with Crippen LogP contribution in [-0.2, 0) is 4.79 Å². The zero-order valence-corrected chi connectivity index (χ0v) is 13.4. The summed E-state index contributed by atoms with van der Waals surface area (Å²) in [6.45, 7) is 3.56. The number of halogens is 2. The number of carbonyl (C=O) groups is 2. The molecule has 4 nitrogen and oxygen atoms in total. The third-order valence-electron chi connectivity index (χ3n) is 3.17. The first kappa shape index (κ1) is 17.1. The van der Waals surface area contributed by atoms with E-state index in [9.17, 15) is 18.4 Å². The van der Waals surface area contributed by atoms with Crippen molar-refractivity contribution in [1.29, 1.82) is 0 Å². The summed E-state index contributed by atoms with van der Waals surface area (Å²) in [4.78, 5) is 24.9. The lowest BCUT2D eigenvalue weighted by molar-refractivity contribution is -0.118. The number of carbonyl (C=O) groups excluding carboxylic acids is 2. The molecule has 23 heavy (non-hydrogen) atoms. The molecule has 0 spiro atoms. The fourth-order valence-electron chi connectivity index (χ4n) is 1.95. The Bertz CT molecular complexity index is 702. The van der Waals surface area contributed by atoms with E-state index in [0.29, 0.717) is 4.88 Å². The van der Waals surface area contributed by atoms with Crippen molar-refractivity contribution in [3.8, 4) is 0 Å². The van der Waals surface area contributed by atoms with Crippen LogP contribution in [-0.4, -0.2) is 17.9 Å². The van der Waals surface area contributed by atoms with Crippen LogP contribution in [0.2, 0.25) is 0 Å². The average Bonchev–Trinajstić information content (AvgIpc) is 3.02. The second kappa shape index (κ2) is 7.32. The number of amides is 2. The van der Waals surface area contributed by atoms with Crippen LogP contribution in [0.1, 0.15) is 23.5 Å². The monoisotopic (exact) mass is 338 g/mol. The number of hydrogen-bond donors (Lipinski definition) is 2. The van der Waals surface area contributed by atoms with Crippen LogP contribution in [0.3, 0.4) is 0 Å². The van der Waals surface area contributed by atoms with Gasteiger partial charge >= 0.3 is 0 Å². The summed E-state index contributed by atoms with van der Waals surface area (Å²) in [6.07, 6.45) is 0. The van der Waals surface area contributed by atoms with Crippen LogP contribution >= 0.6 is 11.3 Å². The molecular weight excluding hydrogens is 322 g/mol. The molecule has 1 atom stereocenters. The van der Waals surface area contributed by atoms with Crippen molar-refractivity contribution in [2.45, 2.75) is 19.9 Å². The maximum absolute atomic E-state index is 13.2. The van der Waals surface area contributed by atoms with E-state index in [1.54, 1.807) is 31.4 Å². The maximum Gasteiger partial charge on any atom is 0.262 e. The number of rotatable bonds is 5. The molecule has 0 radical (unpaired) electrons. The molecule has 2 N–H and O–H groups in total. The van der Waals surface area contributed by atoms with Gasteiger partial charge in [0.2, 0.25) is 5.91 Å². The summed E-state index contributed by atoms with van der Waals surface area (Å²) in [5.41, 5.74) is 0.130. The number of benzene rings is 1. The number of nitrogens with one attached hydrogen (secondary N) is 2. The summed E-state index contributed by atoms with van der Waals surface area (Å²) in [7, 11) is 0. The van der Waals surface area contributed by atoms with Crippen molar-refractivity contribution in [1.82, 2.24) is 5.32 Å². The van der Waals surface area contributed by atoms with Gasteiger partial charge in [-0.15, -0.1) is 11.3 Å². The van der Waals surface area contributed by atoms with Crippen molar-refractivity contribution in [3.05, 3.63) is 52.2 Å². The summed E-state index contributed by atoms with van der Waals surface area (Å²) < 4.78 is 26.1. The Morgan fingerprint density at radius 3 is 2.43 bits per heavy atom. The van der Waals surface area contributed by atoms with E-state index in [4.69, 9.17) is 0 Å². The molecular formula is C16H16F2N2O2S. The van der Waals surface area contributed by atoms with E-state index >= 15 is 0 Å². The van der Waals surface area contributed by atoms with Crippen molar-refractivity contribution < 1.29 is 18.4 Å². The van der Waals surface area contributed by atoms with E-state index in [1.807, 2.05) is 0 Å². The van der Waals surface area contributed by atoms with Crippen molar-refractivity contribution >= 4 is 28.8 Å². The normalized spacial score (nSPS) is 12.0. The number of anilines is 1. The second-order valence-corrected chi connectivity index (χ2v) is 6.24. The van der Waals surface area contributed by atoms with Gasteiger partial charge in [-0.05, 0) is 29.5 Å². The zero-order chi connectivity index (χ0) is 17.0. The highest BCUT2D eigenvalue weighted by Crippen LogP contribution is 2.15. The second-order valence-electron chi connectivity index (χ2n) is 5.29. The Morgan fingerprint density at radius 2 is 1.87 bits per heavy atom. The fraction of sp³-hybridized carbons (Fsp3) is 0.250. The van der Waals surface area contributed by atoms with Crippen LogP contribution in [0.5, 0.6) is 0 Å². The quantitative estimate of drug-likeness (QED) is 0.878. The predicted molar refractivity (Wildman–Crippen MR) is 85.4 cm³/mol. The van der Waals surface area contributed by atoms with Crippen LogP contribution < -0.4 is 10.6 Å². The van der Waals surface area contributed by atoms with Gasteiger partial charge < -0.3 is 10.6 Å². The Labute approximate surface area is 136 Å². The highest BCUT2D eigenvalue weighted by Gasteiger charge is 2.25. The molecule has 2 amide bonds. The minimum atomic E-state index is -1.05. The third kappa shape index (κ3) is 4.35. The third-order valence-corrected chi connectivity index (χ3v) is 4.04. The fourth-order valence-corrected chi connectivity index (χ4v) is 2.58. The van der Waals surface area contributed by atoms with Gasteiger partial charge in [-0.25, -0.2) is 8.78 Å². The lowest BCUT2D eigenvalue weighted by Crippen LogP contribution is -2.46. The van der Waals surface area contributed by atoms with Gasteiger partial charge in [0.25, 0.3) is 5.91 Å². The van der Waals surface area contributed by atoms with E-state index in [0.717, 1.165) is 12.1 Å².